The molecule has 1 N–H and O–H groups in total. The molecule has 2 unspecified atom stereocenters. The van der Waals surface area contributed by atoms with Gasteiger partial charge in [0.25, 0.3) is 0 Å². The Bertz CT molecular complexity index is 419. The maximum absolute atomic E-state index is 6.03. The van der Waals surface area contributed by atoms with E-state index in [1.54, 1.807) is 0 Å². The van der Waals surface area contributed by atoms with Gasteiger partial charge in [0.05, 0.1) is 12.2 Å². The van der Waals surface area contributed by atoms with Crippen molar-refractivity contribution in [3.63, 3.8) is 0 Å². The Morgan fingerprint density at radius 1 is 1.29 bits per heavy atom. The first-order chi connectivity index (χ1) is 10.2. The van der Waals surface area contributed by atoms with Gasteiger partial charge >= 0.3 is 0 Å². The molecule has 3 heteroatoms. The lowest BCUT2D eigenvalue weighted by Gasteiger charge is -2.16. The van der Waals surface area contributed by atoms with Gasteiger partial charge in [-0.25, -0.2) is 0 Å². The third kappa shape index (κ3) is 5.68. The zero-order valence-corrected chi connectivity index (χ0v) is 13.6. The predicted octanol–water partition coefficient (Wildman–Crippen LogP) is 3.42. The molecular weight excluding hydrogens is 262 g/mol. The van der Waals surface area contributed by atoms with Crippen LogP contribution in [-0.4, -0.2) is 31.9 Å². The first-order valence-electron chi connectivity index (χ1n) is 8.25. The minimum atomic E-state index is 0.237. The Balaban J connectivity index is 1.68. The molecule has 1 heterocycles. The first kappa shape index (κ1) is 16.3. The average Bonchev–Trinajstić information content (AvgIpc) is 2.93. The predicted molar refractivity (Wildman–Crippen MR) is 86.9 cm³/mol. The lowest BCUT2D eigenvalue weighted by Crippen LogP contribution is -2.30. The fourth-order valence-corrected chi connectivity index (χ4v) is 2.63. The Labute approximate surface area is 129 Å². The molecule has 1 aliphatic heterocycles. The fourth-order valence-electron chi connectivity index (χ4n) is 2.63. The van der Waals surface area contributed by atoms with Gasteiger partial charge in [0.1, 0.15) is 12.4 Å². The van der Waals surface area contributed by atoms with Gasteiger partial charge in [0, 0.05) is 6.54 Å². The van der Waals surface area contributed by atoms with E-state index >= 15 is 0 Å². The van der Waals surface area contributed by atoms with Gasteiger partial charge in [-0.05, 0) is 49.4 Å². The van der Waals surface area contributed by atoms with Crippen LogP contribution in [0.5, 0.6) is 5.75 Å². The maximum Gasteiger partial charge on any atom is 0.119 e. The quantitative estimate of drug-likeness (QED) is 0.796. The normalized spacial score (nSPS) is 21.9. The third-order valence-electron chi connectivity index (χ3n) is 3.86. The molecule has 3 nitrogen and oxygen atoms in total. The van der Waals surface area contributed by atoms with Crippen molar-refractivity contribution in [1.82, 2.24) is 5.32 Å². The van der Waals surface area contributed by atoms with E-state index in [4.69, 9.17) is 9.47 Å². The molecule has 1 aromatic rings. The van der Waals surface area contributed by atoms with Crippen molar-refractivity contribution in [3.8, 4) is 5.75 Å². The van der Waals surface area contributed by atoms with Gasteiger partial charge in [-0.2, -0.15) is 0 Å². The van der Waals surface area contributed by atoms with E-state index in [2.05, 4.69) is 44.3 Å². The Morgan fingerprint density at radius 2 is 2.10 bits per heavy atom. The van der Waals surface area contributed by atoms with Crippen molar-refractivity contribution in [2.75, 3.05) is 19.7 Å². The minimum Gasteiger partial charge on any atom is -0.491 e. The zero-order chi connectivity index (χ0) is 15.1. The standard InChI is InChI=1S/C18H29NO2/c1-4-15-6-5-7-16(10-15)20-13-18-9-8-17(21-18)12-19-11-14(2)3/h5-7,10,14,17-19H,4,8-9,11-13H2,1-3H3. The highest BCUT2D eigenvalue weighted by Gasteiger charge is 2.25. The second-order valence-electron chi connectivity index (χ2n) is 6.32. The van der Waals surface area contributed by atoms with Crippen molar-refractivity contribution < 1.29 is 9.47 Å². The minimum absolute atomic E-state index is 0.237. The van der Waals surface area contributed by atoms with Crippen LogP contribution in [0.2, 0.25) is 0 Å². The smallest absolute Gasteiger partial charge is 0.119 e. The number of hydrogen-bond donors (Lipinski definition) is 1. The highest BCUT2D eigenvalue weighted by Crippen LogP contribution is 2.21. The molecule has 1 aromatic carbocycles. The van der Waals surface area contributed by atoms with E-state index in [9.17, 15) is 0 Å². The number of hydrogen-bond acceptors (Lipinski definition) is 3. The van der Waals surface area contributed by atoms with Gasteiger partial charge in [0.15, 0.2) is 0 Å². The summed E-state index contributed by atoms with van der Waals surface area (Å²) < 4.78 is 11.9. The van der Waals surface area contributed by atoms with Crippen LogP contribution in [-0.2, 0) is 11.2 Å². The van der Waals surface area contributed by atoms with Gasteiger partial charge in [-0.15, -0.1) is 0 Å². The Morgan fingerprint density at radius 3 is 2.86 bits per heavy atom. The van der Waals surface area contributed by atoms with E-state index in [0.717, 1.165) is 38.1 Å². The summed E-state index contributed by atoms with van der Waals surface area (Å²) in [7, 11) is 0. The topological polar surface area (TPSA) is 30.5 Å². The average molecular weight is 291 g/mol. The summed E-state index contributed by atoms with van der Waals surface area (Å²) in [5, 5.41) is 3.47. The molecule has 1 aliphatic rings. The van der Waals surface area contributed by atoms with Crippen molar-refractivity contribution in [3.05, 3.63) is 29.8 Å². The molecule has 1 fully saturated rings. The van der Waals surface area contributed by atoms with E-state index in [-0.39, 0.29) is 6.10 Å². The van der Waals surface area contributed by atoms with Crippen LogP contribution in [0.1, 0.15) is 39.2 Å². The fraction of sp³-hybridized carbons (Fsp3) is 0.667. The van der Waals surface area contributed by atoms with E-state index < -0.39 is 0 Å². The molecule has 1 saturated heterocycles. The lowest BCUT2D eigenvalue weighted by atomic mass is 10.1. The second kappa shape index (κ2) is 8.40. The van der Waals surface area contributed by atoms with Gasteiger partial charge in [-0.3, -0.25) is 0 Å². The van der Waals surface area contributed by atoms with Crippen molar-refractivity contribution in [2.24, 2.45) is 5.92 Å². The van der Waals surface area contributed by atoms with Crippen LogP contribution in [0.4, 0.5) is 0 Å². The molecule has 0 radical (unpaired) electrons. The van der Waals surface area contributed by atoms with E-state index in [0.29, 0.717) is 18.6 Å². The SMILES string of the molecule is CCc1cccc(OCC2CCC(CNCC(C)C)O2)c1. The molecule has 2 rings (SSSR count). The molecule has 0 bridgehead atoms. The van der Waals surface area contributed by atoms with Gasteiger partial charge in [-0.1, -0.05) is 32.9 Å². The van der Waals surface area contributed by atoms with Crippen molar-refractivity contribution >= 4 is 0 Å². The number of aryl methyl sites for hydroxylation is 1. The zero-order valence-electron chi connectivity index (χ0n) is 13.6. The van der Waals surface area contributed by atoms with Gasteiger partial charge in [0.2, 0.25) is 0 Å². The summed E-state index contributed by atoms with van der Waals surface area (Å²) in [5.41, 5.74) is 1.32. The highest BCUT2D eigenvalue weighted by molar-refractivity contribution is 5.28. The number of benzene rings is 1. The van der Waals surface area contributed by atoms with Crippen molar-refractivity contribution in [2.45, 2.75) is 52.2 Å². The van der Waals surface area contributed by atoms with Crippen LogP contribution >= 0.6 is 0 Å². The molecule has 0 aromatic heterocycles. The highest BCUT2D eigenvalue weighted by atomic mass is 16.5. The van der Waals surface area contributed by atoms with Crippen molar-refractivity contribution in [1.29, 1.82) is 0 Å². The molecule has 118 valence electrons. The first-order valence-corrected chi connectivity index (χ1v) is 8.25. The Hall–Kier alpha value is -1.06. The molecule has 0 aliphatic carbocycles. The Kier molecular flexibility index (Phi) is 6.52. The van der Waals surface area contributed by atoms with Crippen LogP contribution in [0.15, 0.2) is 24.3 Å². The summed E-state index contributed by atoms with van der Waals surface area (Å²) in [4.78, 5) is 0. The summed E-state index contributed by atoms with van der Waals surface area (Å²) >= 11 is 0. The van der Waals surface area contributed by atoms with Crippen LogP contribution in [0.25, 0.3) is 0 Å². The lowest BCUT2D eigenvalue weighted by molar-refractivity contribution is 0.0184. The largest absolute Gasteiger partial charge is 0.491 e. The van der Waals surface area contributed by atoms with E-state index in [1.165, 1.54) is 5.56 Å². The van der Waals surface area contributed by atoms with Gasteiger partial charge < -0.3 is 14.8 Å². The monoisotopic (exact) mass is 291 g/mol. The summed E-state index contributed by atoms with van der Waals surface area (Å²) in [6, 6.07) is 8.34. The van der Waals surface area contributed by atoms with E-state index in [1.807, 2.05) is 6.07 Å². The number of rotatable bonds is 8. The summed E-state index contributed by atoms with van der Waals surface area (Å²) in [5.74, 6) is 1.65. The number of nitrogens with one attached hydrogen (secondary N) is 1. The molecule has 2 atom stereocenters. The molecular formula is C18H29NO2. The van der Waals surface area contributed by atoms with Crippen LogP contribution in [0.3, 0.4) is 0 Å². The molecule has 0 amide bonds. The summed E-state index contributed by atoms with van der Waals surface area (Å²) in [6.07, 6.45) is 3.86. The molecule has 21 heavy (non-hydrogen) atoms. The maximum atomic E-state index is 6.03. The third-order valence-corrected chi connectivity index (χ3v) is 3.86. The second-order valence-corrected chi connectivity index (χ2v) is 6.32. The number of ether oxygens (including phenoxy) is 2. The van der Waals surface area contributed by atoms with Crippen LogP contribution < -0.4 is 10.1 Å². The summed E-state index contributed by atoms with van der Waals surface area (Å²) in [6.45, 7) is 9.29. The van der Waals surface area contributed by atoms with Crippen LogP contribution in [0, 0.1) is 5.92 Å². The molecule has 0 saturated carbocycles. The molecule has 0 spiro atoms.